The van der Waals surface area contributed by atoms with Gasteiger partial charge < -0.3 is 9.32 Å². The predicted molar refractivity (Wildman–Crippen MR) is 64.1 cm³/mol. The SMILES string of the molecule is Cc1cc2ccc(N3CCC3)cc2oc1=O. The molecule has 1 aliphatic rings. The first-order valence-corrected chi connectivity index (χ1v) is 5.53. The maximum atomic E-state index is 11.4. The Balaban J connectivity index is 2.16. The van der Waals surface area contributed by atoms with E-state index in [-0.39, 0.29) is 5.63 Å². The van der Waals surface area contributed by atoms with Gasteiger partial charge in [0.15, 0.2) is 0 Å². The van der Waals surface area contributed by atoms with Gasteiger partial charge in [0.25, 0.3) is 0 Å². The minimum atomic E-state index is -0.242. The van der Waals surface area contributed by atoms with Crippen LogP contribution in [0.4, 0.5) is 5.69 Å². The third-order valence-corrected chi connectivity index (χ3v) is 3.11. The van der Waals surface area contributed by atoms with E-state index in [1.165, 1.54) is 6.42 Å². The third kappa shape index (κ3) is 1.40. The van der Waals surface area contributed by atoms with Gasteiger partial charge in [-0.3, -0.25) is 0 Å². The summed E-state index contributed by atoms with van der Waals surface area (Å²) >= 11 is 0. The van der Waals surface area contributed by atoms with Gasteiger partial charge in [-0.25, -0.2) is 4.79 Å². The Labute approximate surface area is 93.3 Å². The molecule has 16 heavy (non-hydrogen) atoms. The van der Waals surface area contributed by atoms with Crippen molar-refractivity contribution in [3.8, 4) is 0 Å². The molecule has 0 saturated carbocycles. The van der Waals surface area contributed by atoms with Crippen LogP contribution in [0.2, 0.25) is 0 Å². The number of hydrogen-bond acceptors (Lipinski definition) is 3. The van der Waals surface area contributed by atoms with E-state index in [1.807, 2.05) is 18.2 Å². The Bertz CT molecular complexity index is 596. The molecule has 0 radical (unpaired) electrons. The third-order valence-electron chi connectivity index (χ3n) is 3.11. The van der Waals surface area contributed by atoms with Crippen molar-refractivity contribution in [1.82, 2.24) is 0 Å². The number of benzene rings is 1. The zero-order valence-electron chi connectivity index (χ0n) is 9.19. The fourth-order valence-corrected chi connectivity index (χ4v) is 1.97. The largest absolute Gasteiger partial charge is 0.422 e. The molecule has 0 N–H and O–H groups in total. The number of hydrogen-bond donors (Lipinski definition) is 0. The van der Waals surface area contributed by atoms with Crippen molar-refractivity contribution in [3.63, 3.8) is 0 Å². The zero-order chi connectivity index (χ0) is 11.1. The highest BCUT2D eigenvalue weighted by Crippen LogP contribution is 2.24. The van der Waals surface area contributed by atoms with Crippen molar-refractivity contribution < 1.29 is 4.42 Å². The van der Waals surface area contributed by atoms with Gasteiger partial charge in [0.05, 0.1) is 0 Å². The molecule has 0 bridgehead atoms. The fraction of sp³-hybridized carbons (Fsp3) is 0.308. The number of fused-ring (bicyclic) bond motifs is 1. The van der Waals surface area contributed by atoms with Gasteiger partial charge in [-0.2, -0.15) is 0 Å². The molecule has 3 rings (SSSR count). The van der Waals surface area contributed by atoms with Gasteiger partial charge in [0, 0.05) is 35.8 Å². The lowest BCUT2D eigenvalue weighted by atomic mass is 10.1. The second-order valence-corrected chi connectivity index (χ2v) is 4.28. The van der Waals surface area contributed by atoms with Gasteiger partial charge in [-0.1, -0.05) is 0 Å². The standard InChI is InChI=1S/C13H13NO2/c1-9-7-10-3-4-11(14-5-2-6-14)8-12(10)16-13(9)15/h3-4,7-8H,2,5-6H2,1H3. The minimum absolute atomic E-state index is 0.242. The molecule has 0 atom stereocenters. The van der Waals surface area contributed by atoms with E-state index in [4.69, 9.17) is 4.42 Å². The zero-order valence-corrected chi connectivity index (χ0v) is 9.19. The van der Waals surface area contributed by atoms with Crippen LogP contribution in [-0.4, -0.2) is 13.1 Å². The number of rotatable bonds is 1. The Kier molecular flexibility index (Phi) is 1.99. The Morgan fingerprint density at radius 2 is 2.06 bits per heavy atom. The van der Waals surface area contributed by atoms with Crippen molar-refractivity contribution in [2.45, 2.75) is 13.3 Å². The summed E-state index contributed by atoms with van der Waals surface area (Å²) in [6.07, 6.45) is 1.25. The first kappa shape index (κ1) is 9.46. The normalized spacial score (nSPS) is 15.2. The molecule has 1 fully saturated rings. The highest BCUT2D eigenvalue weighted by atomic mass is 16.4. The average Bonchev–Trinajstić information content (AvgIpc) is 2.17. The summed E-state index contributed by atoms with van der Waals surface area (Å²) in [5.41, 5.74) is 2.24. The molecule has 2 heterocycles. The van der Waals surface area contributed by atoms with Crippen LogP contribution >= 0.6 is 0 Å². The van der Waals surface area contributed by atoms with Crippen molar-refractivity contribution in [2.24, 2.45) is 0 Å². The van der Waals surface area contributed by atoms with Gasteiger partial charge >= 0.3 is 5.63 Å². The molecule has 0 spiro atoms. The summed E-state index contributed by atoms with van der Waals surface area (Å²) in [5, 5.41) is 0.987. The predicted octanol–water partition coefficient (Wildman–Crippen LogP) is 2.31. The second-order valence-electron chi connectivity index (χ2n) is 4.28. The van der Waals surface area contributed by atoms with E-state index in [1.54, 1.807) is 6.92 Å². The molecule has 0 amide bonds. The molecule has 0 aliphatic carbocycles. The van der Waals surface area contributed by atoms with Crippen LogP contribution in [0.15, 0.2) is 33.5 Å². The molecule has 2 aromatic rings. The van der Waals surface area contributed by atoms with Crippen molar-refractivity contribution in [3.05, 3.63) is 40.2 Å². The van der Waals surface area contributed by atoms with E-state index < -0.39 is 0 Å². The molecule has 82 valence electrons. The van der Waals surface area contributed by atoms with Crippen molar-refractivity contribution in [2.75, 3.05) is 18.0 Å². The molecule has 3 heteroatoms. The summed E-state index contributed by atoms with van der Waals surface area (Å²) in [6.45, 7) is 3.97. The van der Waals surface area contributed by atoms with Crippen molar-refractivity contribution >= 4 is 16.7 Å². The van der Waals surface area contributed by atoms with Crippen LogP contribution in [0.5, 0.6) is 0 Å². The molecule has 3 nitrogen and oxygen atoms in total. The lowest BCUT2D eigenvalue weighted by molar-refractivity contribution is 0.554. The molecule has 1 aliphatic heterocycles. The first-order chi connectivity index (χ1) is 7.74. The lowest BCUT2D eigenvalue weighted by Crippen LogP contribution is -2.36. The molecule has 0 unspecified atom stereocenters. The summed E-state index contributed by atoms with van der Waals surface area (Å²) in [6, 6.07) is 7.93. The molecule has 1 aromatic heterocycles. The number of anilines is 1. The number of nitrogens with zero attached hydrogens (tertiary/aromatic N) is 1. The smallest absolute Gasteiger partial charge is 0.339 e. The average molecular weight is 215 g/mol. The van der Waals surface area contributed by atoms with Crippen LogP contribution < -0.4 is 10.5 Å². The maximum absolute atomic E-state index is 11.4. The van der Waals surface area contributed by atoms with Crippen molar-refractivity contribution in [1.29, 1.82) is 0 Å². The summed E-state index contributed by atoms with van der Waals surface area (Å²) in [7, 11) is 0. The van der Waals surface area contributed by atoms with E-state index in [0.717, 1.165) is 24.2 Å². The molecular weight excluding hydrogens is 202 g/mol. The topological polar surface area (TPSA) is 33.5 Å². The molecule has 1 saturated heterocycles. The van der Waals surface area contributed by atoms with Gasteiger partial charge in [0.1, 0.15) is 5.58 Å². The van der Waals surface area contributed by atoms with Gasteiger partial charge in [-0.15, -0.1) is 0 Å². The highest BCUT2D eigenvalue weighted by Gasteiger charge is 2.15. The Morgan fingerprint density at radius 1 is 1.25 bits per heavy atom. The van der Waals surface area contributed by atoms with E-state index in [0.29, 0.717) is 11.1 Å². The summed E-state index contributed by atoms with van der Waals surface area (Å²) in [5.74, 6) is 0. The Morgan fingerprint density at radius 3 is 2.75 bits per heavy atom. The van der Waals surface area contributed by atoms with Crippen LogP contribution in [0, 0.1) is 6.92 Å². The van der Waals surface area contributed by atoms with E-state index in [2.05, 4.69) is 11.0 Å². The first-order valence-electron chi connectivity index (χ1n) is 5.53. The summed E-state index contributed by atoms with van der Waals surface area (Å²) < 4.78 is 5.27. The monoisotopic (exact) mass is 215 g/mol. The van der Waals surface area contributed by atoms with E-state index in [9.17, 15) is 4.79 Å². The van der Waals surface area contributed by atoms with Crippen LogP contribution in [0.1, 0.15) is 12.0 Å². The highest BCUT2D eigenvalue weighted by molar-refractivity contribution is 5.81. The minimum Gasteiger partial charge on any atom is -0.422 e. The Hall–Kier alpha value is -1.77. The van der Waals surface area contributed by atoms with E-state index >= 15 is 0 Å². The van der Waals surface area contributed by atoms with Gasteiger partial charge in [0.2, 0.25) is 0 Å². The van der Waals surface area contributed by atoms with Gasteiger partial charge in [-0.05, 0) is 31.5 Å². The molecular formula is C13H13NO2. The number of aryl methyl sites for hydroxylation is 1. The van der Waals surface area contributed by atoms with Crippen LogP contribution in [0.25, 0.3) is 11.0 Å². The summed E-state index contributed by atoms with van der Waals surface area (Å²) in [4.78, 5) is 13.7. The fourth-order valence-electron chi connectivity index (χ4n) is 1.97. The molecule has 1 aromatic carbocycles. The maximum Gasteiger partial charge on any atom is 0.339 e. The quantitative estimate of drug-likeness (QED) is 0.684. The van der Waals surface area contributed by atoms with Crippen LogP contribution in [0.3, 0.4) is 0 Å². The second kappa shape index (κ2) is 3.37. The van der Waals surface area contributed by atoms with Crippen LogP contribution in [-0.2, 0) is 0 Å². The lowest BCUT2D eigenvalue weighted by Gasteiger charge is -2.33.